The lowest BCUT2D eigenvalue weighted by atomic mass is 10.1. The standard InChI is InChI=1S/C13H19N3O2/c1-8(7-18-2)6-15-12-5-11-9(3-10(12)14)4-13(17)16-11/h3,5,8,15H,4,6-7,14H2,1-2H3,(H,16,17). The maximum Gasteiger partial charge on any atom is 0.228 e. The molecule has 0 spiro atoms. The van der Waals surface area contributed by atoms with Gasteiger partial charge in [-0.25, -0.2) is 0 Å². The van der Waals surface area contributed by atoms with Crippen molar-refractivity contribution < 1.29 is 9.53 Å². The van der Waals surface area contributed by atoms with Crippen LogP contribution in [0.3, 0.4) is 0 Å². The first kappa shape index (κ1) is 12.7. The van der Waals surface area contributed by atoms with Crippen LogP contribution in [0.25, 0.3) is 0 Å². The lowest BCUT2D eigenvalue weighted by Gasteiger charge is -2.15. The van der Waals surface area contributed by atoms with Gasteiger partial charge in [0.2, 0.25) is 5.91 Å². The van der Waals surface area contributed by atoms with Gasteiger partial charge in [-0.15, -0.1) is 0 Å². The summed E-state index contributed by atoms with van der Waals surface area (Å²) in [4.78, 5) is 11.3. The van der Waals surface area contributed by atoms with Crippen LogP contribution in [-0.2, 0) is 16.0 Å². The van der Waals surface area contributed by atoms with Crippen LogP contribution in [0.2, 0.25) is 0 Å². The van der Waals surface area contributed by atoms with Crippen molar-refractivity contribution in [3.63, 3.8) is 0 Å². The number of hydrogen-bond donors (Lipinski definition) is 3. The monoisotopic (exact) mass is 249 g/mol. The normalized spacial score (nSPS) is 15.1. The van der Waals surface area contributed by atoms with Crippen LogP contribution in [0.1, 0.15) is 12.5 Å². The van der Waals surface area contributed by atoms with Gasteiger partial charge in [0.15, 0.2) is 0 Å². The van der Waals surface area contributed by atoms with E-state index in [2.05, 4.69) is 17.6 Å². The second-order valence-corrected chi connectivity index (χ2v) is 4.76. The van der Waals surface area contributed by atoms with Crippen molar-refractivity contribution in [3.8, 4) is 0 Å². The fraction of sp³-hybridized carbons (Fsp3) is 0.462. The van der Waals surface area contributed by atoms with Crippen LogP contribution in [0.15, 0.2) is 12.1 Å². The second-order valence-electron chi connectivity index (χ2n) is 4.76. The van der Waals surface area contributed by atoms with E-state index in [0.29, 0.717) is 24.6 Å². The molecule has 2 rings (SSSR count). The number of carbonyl (C=O) groups is 1. The van der Waals surface area contributed by atoms with Gasteiger partial charge in [0.25, 0.3) is 0 Å². The van der Waals surface area contributed by atoms with Crippen LogP contribution < -0.4 is 16.4 Å². The molecule has 1 aromatic carbocycles. The molecule has 18 heavy (non-hydrogen) atoms. The van der Waals surface area contributed by atoms with Gasteiger partial charge in [-0.2, -0.15) is 0 Å². The van der Waals surface area contributed by atoms with Crippen LogP contribution in [0.5, 0.6) is 0 Å². The number of fused-ring (bicyclic) bond motifs is 1. The third kappa shape index (κ3) is 2.73. The van der Waals surface area contributed by atoms with Crippen LogP contribution in [0.4, 0.5) is 17.1 Å². The predicted octanol–water partition coefficient (Wildman–Crippen LogP) is 1.46. The van der Waals surface area contributed by atoms with E-state index in [1.54, 1.807) is 7.11 Å². The Bertz CT molecular complexity index is 460. The Hall–Kier alpha value is -1.75. The summed E-state index contributed by atoms with van der Waals surface area (Å²) in [6.07, 6.45) is 0.417. The zero-order chi connectivity index (χ0) is 13.1. The van der Waals surface area contributed by atoms with Crippen LogP contribution in [-0.4, -0.2) is 26.2 Å². The highest BCUT2D eigenvalue weighted by atomic mass is 16.5. The average molecular weight is 249 g/mol. The van der Waals surface area contributed by atoms with Crippen molar-refractivity contribution in [2.45, 2.75) is 13.3 Å². The van der Waals surface area contributed by atoms with E-state index in [0.717, 1.165) is 23.5 Å². The van der Waals surface area contributed by atoms with Crippen LogP contribution >= 0.6 is 0 Å². The highest BCUT2D eigenvalue weighted by Crippen LogP contribution is 2.31. The second kappa shape index (κ2) is 5.27. The van der Waals surface area contributed by atoms with E-state index in [4.69, 9.17) is 10.5 Å². The number of benzene rings is 1. The largest absolute Gasteiger partial charge is 0.397 e. The first-order valence-electron chi connectivity index (χ1n) is 6.05. The average Bonchev–Trinajstić information content (AvgIpc) is 2.65. The molecule has 0 aliphatic carbocycles. The molecule has 1 amide bonds. The van der Waals surface area contributed by atoms with Crippen molar-refractivity contribution in [2.24, 2.45) is 5.92 Å². The number of ether oxygens (including phenoxy) is 1. The number of amides is 1. The van der Waals surface area contributed by atoms with Crippen molar-refractivity contribution in [1.82, 2.24) is 0 Å². The molecule has 0 bridgehead atoms. The third-order valence-electron chi connectivity index (χ3n) is 2.99. The zero-order valence-corrected chi connectivity index (χ0v) is 10.7. The van der Waals surface area contributed by atoms with Gasteiger partial charge < -0.3 is 21.1 Å². The van der Waals surface area contributed by atoms with Gasteiger partial charge in [-0.05, 0) is 23.6 Å². The molecule has 0 saturated heterocycles. The fourth-order valence-corrected chi connectivity index (χ4v) is 2.07. The Morgan fingerprint density at radius 1 is 1.56 bits per heavy atom. The molecular formula is C13H19N3O2. The van der Waals surface area contributed by atoms with Gasteiger partial charge in [0, 0.05) is 19.3 Å². The van der Waals surface area contributed by atoms with Crippen LogP contribution in [0, 0.1) is 5.92 Å². The maximum atomic E-state index is 11.3. The Labute approximate surface area is 107 Å². The number of anilines is 3. The summed E-state index contributed by atoms with van der Waals surface area (Å²) in [6, 6.07) is 3.76. The SMILES string of the molecule is COCC(C)CNc1cc2c(cc1N)CC(=O)N2. The van der Waals surface area contributed by atoms with E-state index in [-0.39, 0.29) is 5.91 Å². The highest BCUT2D eigenvalue weighted by molar-refractivity contribution is 6.00. The summed E-state index contributed by atoms with van der Waals surface area (Å²) in [6.45, 7) is 3.58. The minimum Gasteiger partial charge on any atom is -0.397 e. The van der Waals surface area contributed by atoms with Crippen molar-refractivity contribution >= 4 is 23.0 Å². The first-order valence-corrected chi connectivity index (χ1v) is 6.05. The molecule has 4 N–H and O–H groups in total. The highest BCUT2D eigenvalue weighted by Gasteiger charge is 2.19. The molecule has 1 aliphatic rings. The Morgan fingerprint density at radius 3 is 3.06 bits per heavy atom. The molecule has 0 aromatic heterocycles. The Balaban J connectivity index is 2.06. The molecule has 0 radical (unpaired) electrons. The third-order valence-corrected chi connectivity index (χ3v) is 2.99. The molecule has 1 unspecified atom stereocenters. The minimum atomic E-state index is 0.0225. The molecular weight excluding hydrogens is 230 g/mol. The van der Waals surface area contributed by atoms with E-state index in [1.165, 1.54) is 0 Å². The van der Waals surface area contributed by atoms with E-state index >= 15 is 0 Å². The molecule has 5 nitrogen and oxygen atoms in total. The number of hydrogen-bond acceptors (Lipinski definition) is 4. The lowest BCUT2D eigenvalue weighted by molar-refractivity contribution is -0.115. The van der Waals surface area contributed by atoms with Crippen molar-refractivity contribution in [3.05, 3.63) is 17.7 Å². The van der Waals surface area contributed by atoms with Gasteiger partial charge >= 0.3 is 0 Å². The van der Waals surface area contributed by atoms with E-state index in [1.807, 2.05) is 12.1 Å². The predicted molar refractivity (Wildman–Crippen MR) is 72.7 cm³/mol. The smallest absolute Gasteiger partial charge is 0.228 e. The molecule has 0 fully saturated rings. The summed E-state index contributed by atoms with van der Waals surface area (Å²) in [5, 5.41) is 6.10. The molecule has 98 valence electrons. The summed E-state index contributed by atoms with van der Waals surface area (Å²) in [5.41, 5.74) is 9.33. The Morgan fingerprint density at radius 2 is 2.33 bits per heavy atom. The molecule has 1 heterocycles. The van der Waals surface area contributed by atoms with Crippen molar-refractivity contribution in [1.29, 1.82) is 0 Å². The quantitative estimate of drug-likeness (QED) is 0.690. The number of methoxy groups -OCH3 is 1. The summed E-state index contributed by atoms with van der Waals surface area (Å²) in [7, 11) is 1.69. The number of carbonyl (C=O) groups excluding carboxylic acids is 1. The maximum absolute atomic E-state index is 11.3. The number of nitrogen functional groups attached to an aromatic ring is 1. The first-order chi connectivity index (χ1) is 8.60. The molecule has 5 heteroatoms. The molecule has 1 aromatic rings. The van der Waals surface area contributed by atoms with E-state index in [9.17, 15) is 4.79 Å². The lowest BCUT2D eigenvalue weighted by Crippen LogP contribution is -2.16. The molecule has 0 saturated carbocycles. The van der Waals surface area contributed by atoms with Crippen molar-refractivity contribution in [2.75, 3.05) is 36.6 Å². The summed E-state index contributed by atoms with van der Waals surface area (Å²) < 4.78 is 5.08. The van der Waals surface area contributed by atoms with E-state index < -0.39 is 0 Å². The molecule has 1 atom stereocenters. The minimum absolute atomic E-state index is 0.0225. The number of rotatable bonds is 5. The zero-order valence-electron chi connectivity index (χ0n) is 10.7. The number of nitrogens with one attached hydrogen (secondary N) is 2. The summed E-state index contributed by atoms with van der Waals surface area (Å²) in [5.74, 6) is 0.423. The summed E-state index contributed by atoms with van der Waals surface area (Å²) >= 11 is 0. The van der Waals surface area contributed by atoms with Gasteiger partial charge in [-0.1, -0.05) is 6.92 Å². The van der Waals surface area contributed by atoms with Gasteiger partial charge in [-0.3, -0.25) is 4.79 Å². The van der Waals surface area contributed by atoms with Gasteiger partial charge in [0.1, 0.15) is 0 Å². The Kier molecular flexibility index (Phi) is 3.72. The molecule has 1 aliphatic heterocycles. The fourth-order valence-electron chi connectivity index (χ4n) is 2.07. The van der Waals surface area contributed by atoms with Gasteiger partial charge in [0.05, 0.1) is 24.4 Å². The number of nitrogens with two attached hydrogens (primary N) is 1. The topological polar surface area (TPSA) is 76.4 Å².